The summed E-state index contributed by atoms with van der Waals surface area (Å²) in [4.78, 5) is 14.0. The summed E-state index contributed by atoms with van der Waals surface area (Å²) in [5.74, 6) is 0.740. The fraction of sp³-hybridized carbons (Fsp3) is 0.611. The first-order chi connectivity index (χ1) is 10.6. The first kappa shape index (κ1) is 16.9. The monoisotopic (exact) mass is 306 g/mol. The summed E-state index contributed by atoms with van der Waals surface area (Å²) in [5, 5.41) is 3.39. The minimum Gasteiger partial charge on any atom is -0.340 e. The normalized spacial score (nSPS) is 18.5. The summed E-state index contributed by atoms with van der Waals surface area (Å²) in [7, 11) is 0. The molecule has 1 unspecified atom stereocenters. The van der Waals surface area contributed by atoms with Crippen LogP contribution in [-0.2, 0) is 11.3 Å². The number of carbonyl (C=O) groups excluding carboxylic acids is 1. The van der Waals surface area contributed by atoms with Crippen molar-refractivity contribution in [3.8, 4) is 0 Å². The lowest BCUT2D eigenvalue weighted by Crippen LogP contribution is -2.36. The molecular weight excluding hydrogens is 279 g/mol. The van der Waals surface area contributed by atoms with E-state index in [1.807, 2.05) is 0 Å². The van der Waals surface area contributed by atoms with Gasteiger partial charge in [0.05, 0.1) is 0 Å². The van der Waals surface area contributed by atoms with Crippen LogP contribution in [-0.4, -0.2) is 29.9 Å². The first-order valence-corrected chi connectivity index (χ1v) is 8.31. The molecule has 1 N–H and O–H groups in total. The maximum Gasteiger partial charge on any atom is 0.222 e. The van der Waals surface area contributed by atoms with Crippen molar-refractivity contribution in [3.05, 3.63) is 35.6 Å². The van der Waals surface area contributed by atoms with Gasteiger partial charge in [0, 0.05) is 25.6 Å². The van der Waals surface area contributed by atoms with Gasteiger partial charge in [-0.15, -0.1) is 0 Å². The Balaban J connectivity index is 1.71. The van der Waals surface area contributed by atoms with E-state index in [4.69, 9.17) is 0 Å². The predicted molar refractivity (Wildman–Crippen MR) is 86.9 cm³/mol. The maximum absolute atomic E-state index is 12.8. The van der Waals surface area contributed by atoms with Gasteiger partial charge in [-0.25, -0.2) is 4.39 Å². The number of hydrogen-bond acceptors (Lipinski definition) is 2. The molecule has 22 heavy (non-hydrogen) atoms. The third kappa shape index (κ3) is 5.09. The summed E-state index contributed by atoms with van der Waals surface area (Å²) >= 11 is 0. The van der Waals surface area contributed by atoms with Crippen molar-refractivity contribution in [2.75, 3.05) is 13.1 Å². The number of nitrogens with zero attached hydrogens (tertiary/aromatic N) is 1. The molecule has 1 aliphatic rings. The Morgan fingerprint density at radius 1 is 1.32 bits per heavy atom. The van der Waals surface area contributed by atoms with Crippen LogP contribution in [0.4, 0.5) is 4.39 Å². The van der Waals surface area contributed by atoms with Gasteiger partial charge in [0.2, 0.25) is 5.91 Å². The van der Waals surface area contributed by atoms with E-state index in [0.29, 0.717) is 24.3 Å². The largest absolute Gasteiger partial charge is 0.340 e. The van der Waals surface area contributed by atoms with Crippen molar-refractivity contribution in [2.24, 2.45) is 5.92 Å². The average molecular weight is 306 g/mol. The highest BCUT2D eigenvalue weighted by atomic mass is 19.1. The van der Waals surface area contributed by atoms with Crippen LogP contribution in [0.3, 0.4) is 0 Å². The molecule has 0 saturated carbocycles. The molecule has 1 aromatic carbocycles. The van der Waals surface area contributed by atoms with E-state index in [2.05, 4.69) is 24.1 Å². The lowest BCUT2D eigenvalue weighted by Gasteiger charge is -2.25. The van der Waals surface area contributed by atoms with Crippen LogP contribution in [0, 0.1) is 11.7 Å². The van der Waals surface area contributed by atoms with E-state index in [-0.39, 0.29) is 5.82 Å². The molecule has 0 aliphatic carbocycles. The maximum atomic E-state index is 12.8. The van der Waals surface area contributed by atoms with Crippen LogP contribution < -0.4 is 5.32 Å². The molecule has 0 spiro atoms. The van der Waals surface area contributed by atoms with Gasteiger partial charge in [-0.1, -0.05) is 26.0 Å². The Hall–Kier alpha value is -1.42. The average Bonchev–Trinajstić information content (AvgIpc) is 2.83. The van der Waals surface area contributed by atoms with Gasteiger partial charge >= 0.3 is 0 Å². The Labute approximate surface area is 132 Å². The van der Waals surface area contributed by atoms with Gasteiger partial charge in [0.25, 0.3) is 0 Å². The van der Waals surface area contributed by atoms with Crippen LogP contribution in [0.5, 0.6) is 0 Å². The second-order valence-electron chi connectivity index (χ2n) is 6.55. The predicted octanol–water partition coefficient (Wildman–Crippen LogP) is 3.34. The van der Waals surface area contributed by atoms with Gasteiger partial charge in [0.1, 0.15) is 5.82 Å². The van der Waals surface area contributed by atoms with Crippen molar-refractivity contribution in [2.45, 2.75) is 52.1 Å². The number of amides is 1. The standard InChI is InChI=1S/C18H27FN2O/c1-14(2)10-12-21-17(7-8-18(21)22)9-11-20-13-15-3-5-16(19)6-4-15/h3-6,14,17,20H,7-13H2,1-2H3. The fourth-order valence-corrected chi connectivity index (χ4v) is 2.90. The number of likely N-dealkylation sites (tertiary alicyclic amines) is 1. The highest BCUT2D eigenvalue weighted by Crippen LogP contribution is 2.22. The molecule has 4 heteroatoms. The molecule has 0 aromatic heterocycles. The van der Waals surface area contributed by atoms with Crippen molar-refractivity contribution < 1.29 is 9.18 Å². The molecule has 2 rings (SSSR count). The summed E-state index contributed by atoms with van der Waals surface area (Å²) in [6.45, 7) is 6.90. The van der Waals surface area contributed by atoms with Crippen LogP contribution >= 0.6 is 0 Å². The molecule has 1 aromatic rings. The van der Waals surface area contributed by atoms with Crippen molar-refractivity contribution >= 4 is 5.91 Å². The van der Waals surface area contributed by atoms with Crippen molar-refractivity contribution in [1.82, 2.24) is 10.2 Å². The van der Waals surface area contributed by atoms with Crippen LogP contribution in [0.15, 0.2) is 24.3 Å². The van der Waals surface area contributed by atoms with E-state index in [0.717, 1.165) is 44.5 Å². The molecule has 0 radical (unpaired) electrons. The SMILES string of the molecule is CC(C)CCN1C(=O)CCC1CCNCc1ccc(F)cc1. The minimum atomic E-state index is -0.200. The van der Waals surface area contributed by atoms with Gasteiger partial charge < -0.3 is 10.2 Å². The highest BCUT2D eigenvalue weighted by molar-refractivity contribution is 5.78. The van der Waals surface area contributed by atoms with Gasteiger partial charge in [0.15, 0.2) is 0 Å². The second kappa shape index (κ2) is 8.28. The summed E-state index contributed by atoms with van der Waals surface area (Å²) in [6, 6.07) is 6.96. The molecule has 3 nitrogen and oxygen atoms in total. The van der Waals surface area contributed by atoms with Gasteiger partial charge in [-0.05, 0) is 49.4 Å². The number of rotatable bonds is 8. The van der Waals surface area contributed by atoms with E-state index in [9.17, 15) is 9.18 Å². The third-order valence-corrected chi connectivity index (χ3v) is 4.30. The smallest absolute Gasteiger partial charge is 0.222 e. The Morgan fingerprint density at radius 2 is 2.05 bits per heavy atom. The third-order valence-electron chi connectivity index (χ3n) is 4.30. The van der Waals surface area contributed by atoms with E-state index < -0.39 is 0 Å². The topological polar surface area (TPSA) is 32.3 Å². The Kier molecular flexibility index (Phi) is 6.37. The van der Waals surface area contributed by atoms with Crippen LogP contribution in [0.1, 0.15) is 45.1 Å². The van der Waals surface area contributed by atoms with Crippen molar-refractivity contribution in [1.29, 1.82) is 0 Å². The molecular formula is C18H27FN2O. The zero-order valence-electron chi connectivity index (χ0n) is 13.6. The van der Waals surface area contributed by atoms with Crippen LogP contribution in [0.2, 0.25) is 0 Å². The second-order valence-corrected chi connectivity index (χ2v) is 6.55. The Bertz CT molecular complexity index is 472. The molecule has 122 valence electrons. The first-order valence-electron chi connectivity index (χ1n) is 8.31. The van der Waals surface area contributed by atoms with Crippen LogP contribution in [0.25, 0.3) is 0 Å². The zero-order valence-corrected chi connectivity index (χ0v) is 13.6. The summed E-state index contributed by atoms with van der Waals surface area (Å²) in [6.07, 6.45) is 3.74. The molecule has 1 saturated heterocycles. The quantitative estimate of drug-likeness (QED) is 0.747. The zero-order chi connectivity index (χ0) is 15.9. The number of benzene rings is 1. The van der Waals surface area contributed by atoms with E-state index >= 15 is 0 Å². The summed E-state index contributed by atoms with van der Waals surface area (Å²) < 4.78 is 12.8. The lowest BCUT2D eigenvalue weighted by molar-refractivity contribution is -0.129. The number of halogens is 1. The van der Waals surface area contributed by atoms with Gasteiger partial charge in [-0.3, -0.25) is 4.79 Å². The molecule has 0 bridgehead atoms. The van der Waals surface area contributed by atoms with E-state index in [1.54, 1.807) is 12.1 Å². The molecule has 1 amide bonds. The minimum absolute atomic E-state index is 0.200. The molecule has 1 aliphatic heterocycles. The lowest BCUT2D eigenvalue weighted by atomic mass is 10.1. The number of nitrogens with one attached hydrogen (secondary N) is 1. The Morgan fingerprint density at radius 3 is 2.73 bits per heavy atom. The summed E-state index contributed by atoms with van der Waals surface area (Å²) in [5.41, 5.74) is 1.08. The van der Waals surface area contributed by atoms with Gasteiger partial charge in [-0.2, -0.15) is 0 Å². The van der Waals surface area contributed by atoms with E-state index in [1.165, 1.54) is 12.1 Å². The molecule has 1 atom stereocenters. The number of hydrogen-bond donors (Lipinski definition) is 1. The highest BCUT2D eigenvalue weighted by Gasteiger charge is 2.29. The fourth-order valence-electron chi connectivity index (χ4n) is 2.90. The number of carbonyl (C=O) groups is 1. The molecule has 1 heterocycles. The van der Waals surface area contributed by atoms with Crippen molar-refractivity contribution in [3.63, 3.8) is 0 Å². The molecule has 1 fully saturated rings.